The normalized spacial score (nSPS) is 23.7. The number of hydrogen-bond acceptors (Lipinski definition) is 2. The molecule has 1 aromatic carbocycles. The molecule has 0 saturated heterocycles. The Balaban J connectivity index is 1.91. The summed E-state index contributed by atoms with van der Waals surface area (Å²) in [6.07, 6.45) is 6.40. The van der Waals surface area contributed by atoms with Crippen LogP contribution < -0.4 is 4.74 Å². The van der Waals surface area contributed by atoms with Gasteiger partial charge in [0.05, 0.1) is 6.10 Å². The minimum absolute atomic E-state index is 0.306. The Hall–Kier alpha value is -0.830. The maximum atomic E-state index is 10.5. The molecule has 0 aliphatic heterocycles. The summed E-state index contributed by atoms with van der Waals surface area (Å²) in [5.41, 5.74) is 1.16. The molecular formula is C15H19BrO2. The van der Waals surface area contributed by atoms with Crippen molar-refractivity contribution in [3.8, 4) is 5.75 Å². The van der Waals surface area contributed by atoms with Gasteiger partial charge in [0, 0.05) is 16.5 Å². The molecular weight excluding hydrogens is 292 g/mol. The van der Waals surface area contributed by atoms with Crippen LogP contribution in [0.25, 0.3) is 0 Å². The highest BCUT2D eigenvalue weighted by Gasteiger charge is 2.22. The van der Waals surface area contributed by atoms with Crippen molar-refractivity contribution >= 4 is 22.2 Å². The number of halogens is 1. The van der Waals surface area contributed by atoms with Gasteiger partial charge in [0.2, 0.25) is 0 Å². The Morgan fingerprint density at radius 1 is 1.33 bits per heavy atom. The summed E-state index contributed by atoms with van der Waals surface area (Å²) < 4.78 is 7.17. The van der Waals surface area contributed by atoms with Gasteiger partial charge in [-0.3, -0.25) is 0 Å². The molecule has 2 rings (SSSR count). The molecule has 0 amide bonds. The van der Waals surface area contributed by atoms with Gasteiger partial charge in [0.15, 0.2) is 0 Å². The van der Waals surface area contributed by atoms with Gasteiger partial charge in [-0.25, -0.2) is 0 Å². The van der Waals surface area contributed by atoms with Crippen LogP contribution in [0.3, 0.4) is 0 Å². The van der Waals surface area contributed by atoms with Crippen molar-refractivity contribution in [2.24, 2.45) is 5.92 Å². The molecule has 0 heterocycles. The van der Waals surface area contributed by atoms with E-state index in [4.69, 9.17) is 4.74 Å². The Morgan fingerprint density at radius 3 is 2.72 bits per heavy atom. The topological polar surface area (TPSA) is 26.3 Å². The van der Waals surface area contributed by atoms with Crippen LogP contribution >= 0.6 is 15.9 Å². The molecule has 1 aliphatic rings. The van der Waals surface area contributed by atoms with Crippen LogP contribution in [0, 0.1) is 12.8 Å². The zero-order valence-corrected chi connectivity index (χ0v) is 12.3. The zero-order valence-electron chi connectivity index (χ0n) is 10.7. The molecule has 0 spiro atoms. The van der Waals surface area contributed by atoms with E-state index in [0.29, 0.717) is 18.4 Å². The Morgan fingerprint density at radius 2 is 2.06 bits per heavy atom. The number of benzene rings is 1. The first kappa shape index (κ1) is 13.6. The van der Waals surface area contributed by atoms with Gasteiger partial charge in [0.25, 0.3) is 0 Å². The molecule has 1 aliphatic carbocycles. The van der Waals surface area contributed by atoms with E-state index in [1.54, 1.807) is 0 Å². The third-order valence-corrected chi connectivity index (χ3v) is 4.59. The second kappa shape index (κ2) is 6.37. The van der Waals surface area contributed by atoms with Crippen LogP contribution in [0.5, 0.6) is 5.75 Å². The maximum Gasteiger partial charge on any atom is 0.123 e. The van der Waals surface area contributed by atoms with Crippen LogP contribution in [0.4, 0.5) is 0 Å². The van der Waals surface area contributed by atoms with Crippen LogP contribution in [-0.2, 0) is 4.79 Å². The third kappa shape index (κ3) is 3.35. The van der Waals surface area contributed by atoms with Gasteiger partial charge >= 0.3 is 0 Å². The SMILES string of the molecule is Cc1c(Br)cccc1O[C@H]1CC[C@H](CC=O)CC1. The van der Waals surface area contributed by atoms with Crippen molar-refractivity contribution in [2.45, 2.75) is 45.1 Å². The smallest absolute Gasteiger partial charge is 0.123 e. The average Bonchev–Trinajstić information content (AvgIpc) is 2.38. The zero-order chi connectivity index (χ0) is 13.0. The molecule has 0 unspecified atom stereocenters. The number of aldehydes is 1. The highest BCUT2D eigenvalue weighted by molar-refractivity contribution is 9.10. The second-order valence-electron chi connectivity index (χ2n) is 5.03. The van der Waals surface area contributed by atoms with E-state index in [0.717, 1.165) is 47.8 Å². The predicted octanol–water partition coefficient (Wildman–Crippen LogP) is 4.28. The van der Waals surface area contributed by atoms with Crippen molar-refractivity contribution in [1.82, 2.24) is 0 Å². The summed E-state index contributed by atoms with van der Waals surface area (Å²) in [5, 5.41) is 0. The van der Waals surface area contributed by atoms with Gasteiger partial charge in [-0.2, -0.15) is 0 Å². The molecule has 18 heavy (non-hydrogen) atoms. The lowest BCUT2D eigenvalue weighted by Gasteiger charge is -2.28. The van der Waals surface area contributed by atoms with Gasteiger partial charge in [-0.05, 0) is 50.7 Å². The number of ether oxygens (including phenoxy) is 1. The monoisotopic (exact) mass is 310 g/mol. The van der Waals surface area contributed by atoms with E-state index in [1.165, 1.54) is 0 Å². The fourth-order valence-electron chi connectivity index (χ4n) is 2.52. The van der Waals surface area contributed by atoms with E-state index < -0.39 is 0 Å². The van der Waals surface area contributed by atoms with Crippen LogP contribution in [-0.4, -0.2) is 12.4 Å². The third-order valence-electron chi connectivity index (χ3n) is 3.73. The molecule has 1 aromatic rings. The Labute approximate surface area is 117 Å². The Bertz CT molecular complexity index is 409. The van der Waals surface area contributed by atoms with Gasteiger partial charge in [-0.1, -0.05) is 22.0 Å². The van der Waals surface area contributed by atoms with Crippen LogP contribution in [0.1, 0.15) is 37.7 Å². The highest BCUT2D eigenvalue weighted by atomic mass is 79.9. The van der Waals surface area contributed by atoms with E-state index in [-0.39, 0.29) is 0 Å². The maximum absolute atomic E-state index is 10.5. The first-order valence-corrected chi connectivity index (χ1v) is 7.35. The van der Waals surface area contributed by atoms with E-state index in [9.17, 15) is 4.79 Å². The molecule has 3 heteroatoms. The van der Waals surface area contributed by atoms with Crippen LogP contribution in [0.15, 0.2) is 22.7 Å². The van der Waals surface area contributed by atoms with Crippen molar-refractivity contribution in [3.63, 3.8) is 0 Å². The Kier molecular flexibility index (Phi) is 4.81. The van der Waals surface area contributed by atoms with Gasteiger partial charge < -0.3 is 9.53 Å². The van der Waals surface area contributed by atoms with Crippen molar-refractivity contribution in [3.05, 3.63) is 28.2 Å². The van der Waals surface area contributed by atoms with E-state index >= 15 is 0 Å². The quantitative estimate of drug-likeness (QED) is 0.776. The fraction of sp³-hybridized carbons (Fsp3) is 0.533. The summed E-state index contributed by atoms with van der Waals surface area (Å²) in [5.74, 6) is 1.55. The molecule has 0 bridgehead atoms. The number of carbonyl (C=O) groups is 1. The van der Waals surface area contributed by atoms with Crippen molar-refractivity contribution in [1.29, 1.82) is 0 Å². The highest BCUT2D eigenvalue weighted by Crippen LogP contribution is 2.32. The van der Waals surface area contributed by atoms with Crippen LogP contribution in [0.2, 0.25) is 0 Å². The lowest BCUT2D eigenvalue weighted by molar-refractivity contribution is -0.108. The summed E-state index contributed by atoms with van der Waals surface area (Å²) in [7, 11) is 0. The lowest BCUT2D eigenvalue weighted by atomic mass is 9.85. The minimum Gasteiger partial charge on any atom is -0.490 e. The average molecular weight is 311 g/mol. The molecule has 0 radical (unpaired) electrons. The minimum atomic E-state index is 0.306. The van der Waals surface area contributed by atoms with E-state index in [1.807, 2.05) is 18.2 Å². The van der Waals surface area contributed by atoms with Crippen molar-refractivity contribution in [2.75, 3.05) is 0 Å². The molecule has 1 fully saturated rings. The predicted molar refractivity (Wildman–Crippen MR) is 75.9 cm³/mol. The molecule has 0 aromatic heterocycles. The number of hydrogen-bond donors (Lipinski definition) is 0. The standard InChI is InChI=1S/C15H19BrO2/c1-11-14(16)3-2-4-15(11)18-13-7-5-12(6-8-13)9-10-17/h2-4,10,12-13H,5-9H2,1H3/t12-,13-. The summed E-state index contributed by atoms with van der Waals surface area (Å²) in [6.45, 7) is 2.07. The number of rotatable bonds is 4. The molecule has 0 atom stereocenters. The molecule has 2 nitrogen and oxygen atoms in total. The van der Waals surface area contributed by atoms with Crippen molar-refractivity contribution < 1.29 is 9.53 Å². The fourth-order valence-corrected chi connectivity index (χ4v) is 2.86. The molecule has 0 N–H and O–H groups in total. The summed E-state index contributed by atoms with van der Waals surface area (Å²) >= 11 is 3.52. The first-order valence-electron chi connectivity index (χ1n) is 6.56. The summed E-state index contributed by atoms with van der Waals surface area (Å²) in [6, 6.07) is 6.06. The van der Waals surface area contributed by atoms with Gasteiger partial charge in [0.1, 0.15) is 12.0 Å². The first-order chi connectivity index (χ1) is 8.70. The number of carbonyl (C=O) groups excluding carboxylic acids is 1. The lowest BCUT2D eigenvalue weighted by Crippen LogP contribution is -2.24. The largest absolute Gasteiger partial charge is 0.490 e. The van der Waals surface area contributed by atoms with Gasteiger partial charge in [-0.15, -0.1) is 0 Å². The molecule has 1 saturated carbocycles. The molecule has 98 valence electrons. The van der Waals surface area contributed by atoms with E-state index in [2.05, 4.69) is 22.9 Å². The summed E-state index contributed by atoms with van der Waals surface area (Å²) in [4.78, 5) is 10.5. The second-order valence-corrected chi connectivity index (χ2v) is 5.88.